The lowest BCUT2D eigenvalue weighted by Gasteiger charge is -2.34. The van der Waals surface area contributed by atoms with Crippen molar-refractivity contribution in [3.8, 4) is 0 Å². The predicted octanol–water partition coefficient (Wildman–Crippen LogP) is 5.38. The highest BCUT2D eigenvalue weighted by molar-refractivity contribution is 5.97. The van der Waals surface area contributed by atoms with Crippen LogP contribution in [0.2, 0.25) is 0 Å². The summed E-state index contributed by atoms with van der Waals surface area (Å²) < 4.78 is 18.6. The number of halogens is 1. The number of ether oxygens (including phenoxy) is 1. The maximum atomic E-state index is 13.1. The van der Waals surface area contributed by atoms with E-state index in [4.69, 9.17) is 4.74 Å². The molecule has 4 rings (SSSR count). The van der Waals surface area contributed by atoms with Crippen molar-refractivity contribution in [2.24, 2.45) is 17.8 Å². The number of hydrogen-bond acceptors (Lipinski definition) is 4. The van der Waals surface area contributed by atoms with Gasteiger partial charge in [-0.3, -0.25) is 9.59 Å². The zero-order valence-electron chi connectivity index (χ0n) is 21.4. The van der Waals surface area contributed by atoms with Crippen molar-refractivity contribution in [3.63, 3.8) is 0 Å². The Morgan fingerprint density at radius 2 is 1.69 bits per heavy atom. The first kappa shape index (κ1) is 26.3. The lowest BCUT2D eigenvalue weighted by atomic mass is 9.83. The Morgan fingerprint density at radius 1 is 0.971 bits per heavy atom. The van der Waals surface area contributed by atoms with Crippen LogP contribution in [-0.2, 0) is 9.53 Å². The van der Waals surface area contributed by atoms with Crippen LogP contribution >= 0.6 is 0 Å². The smallest absolute Gasteiger partial charge is 0.220 e. The number of piperidine rings is 1. The molecule has 1 aliphatic heterocycles. The number of ketones is 1. The second-order valence-electron chi connectivity index (χ2n) is 11.2. The van der Waals surface area contributed by atoms with Crippen LogP contribution in [-0.4, -0.2) is 55.5 Å². The Labute approximate surface area is 210 Å². The summed E-state index contributed by atoms with van der Waals surface area (Å²) in [6, 6.07) is 6.30. The summed E-state index contributed by atoms with van der Waals surface area (Å²) in [5, 5.41) is 3.31. The van der Waals surface area contributed by atoms with Crippen LogP contribution in [0.1, 0.15) is 87.4 Å². The first-order chi connectivity index (χ1) is 17.0. The van der Waals surface area contributed by atoms with Crippen LogP contribution in [0.5, 0.6) is 0 Å². The molecule has 1 aromatic rings. The molecular weight excluding hydrogens is 443 g/mol. The number of methoxy groups -OCH3 is 1. The number of nitrogens with zero attached hydrogens (tertiary/aromatic N) is 1. The molecule has 0 spiro atoms. The van der Waals surface area contributed by atoms with Gasteiger partial charge in [-0.05, 0) is 120 Å². The molecule has 1 saturated heterocycles. The Morgan fingerprint density at radius 3 is 2.37 bits per heavy atom. The molecule has 6 heteroatoms. The molecule has 0 unspecified atom stereocenters. The van der Waals surface area contributed by atoms with E-state index in [9.17, 15) is 14.0 Å². The zero-order valence-corrected chi connectivity index (χ0v) is 21.4. The van der Waals surface area contributed by atoms with Crippen molar-refractivity contribution in [1.29, 1.82) is 0 Å². The molecule has 1 heterocycles. The van der Waals surface area contributed by atoms with E-state index in [1.807, 2.05) is 0 Å². The van der Waals surface area contributed by atoms with Crippen molar-refractivity contribution in [2.75, 3.05) is 26.7 Å². The third kappa shape index (κ3) is 7.85. The second-order valence-corrected chi connectivity index (χ2v) is 11.2. The Balaban J connectivity index is 1.09. The van der Waals surface area contributed by atoms with Crippen LogP contribution < -0.4 is 5.32 Å². The summed E-state index contributed by atoms with van der Waals surface area (Å²) in [4.78, 5) is 27.8. The van der Waals surface area contributed by atoms with Crippen molar-refractivity contribution in [1.82, 2.24) is 10.2 Å². The van der Waals surface area contributed by atoms with Gasteiger partial charge >= 0.3 is 0 Å². The molecule has 2 aliphatic carbocycles. The lowest BCUT2D eigenvalue weighted by molar-refractivity contribution is -0.123. The second kappa shape index (κ2) is 13.0. The van der Waals surface area contributed by atoms with E-state index < -0.39 is 0 Å². The highest BCUT2D eigenvalue weighted by atomic mass is 19.1. The van der Waals surface area contributed by atoms with Crippen LogP contribution in [0.15, 0.2) is 24.3 Å². The average Bonchev–Trinajstić information content (AvgIpc) is 2.88. The van der Waals surface area contributed by atoms with Crippen LogP contribution in [0, 0.1) is 23.6 Å². The minimum atomic E-state index is -0.298. The van der Waals surface area contributed by atoms with E-state index in [0.29, 0.717) is 30.0 Å². The molecule has 0 bridgehead atoms. The summed E-state index contributed by atoms with van der Waals surface area (Å²) in [5.41, 5.74) is 0.631. The van der Waals surface area contributed by atoms with E-state index in [1.54, 1.807) is 19.2 Å². The summed E-state index contributed by atoms with van der Waals surface area (Å²) in [6.07, 6.45) is 13.0. The molecule has 3 fully saturated rings. The van der Waals surface area contributed by atoms with Gasteiger partial charge < -0.3 is 15.0 Å². The number of likely N-dealkylation sites (tertiary alicyclic amines) is 1. The molecule has 3 aliphatic rings. The summed E-state index contributed by atoms with van der Waals surface area (Å²) in [6.45, 7) is 3.03. The maximum Gasteiger partial charge on any atom is 0.220 e. The predicted molar refractivity (Wildman–Crippen MR) is 136 cm³/mol. The number of carbonyl (C=O) groups is 2. The van der Waals surface area contributed by atoms with Gasteiger partial charge in [0, 0.05) is 31.1 Å². The Hall–Kier alpha value is -1.79. The molecule has 5 nitrogen and oxygen atoms in total. The summed E-state index contributed by atoms with van der Waals surface area (Å²) in [5.74, 6) is 1.36. The molecule has 2 atom stereocenters. The fourth-order valence-corrected chi connectivity index (χ4v) is 6.42. The van der Waals surface area contributed by atoms with Gasteiger partial charge in [-0.25, -0.2) is 4.39 Å². The molecule has 194 valence electrons. The molecule has 0 radical (unpaired) electrons. The number of hydrogen-bond donors (Lipinski definition) is 1. The Bertz CT molecular complexity index is 814. The Kier molecular flexibility index (Phi) is 9.73. The highest BCUT2D eigenvalue weighted by Crippen LogP contribution is 2.30. The molecule has 2 saturated carbocycles. The SMILES string of the molecule is CO[C@@H]1CCC[C@@H](CC(=O)N[C@H]2CC[C@@H](CCN3CCC(C(=O)c4ccc(F)cc4)CC3)CC2)C1. The number of amides is 1. The number of Topliss-reactive ketones (excluding diaryl/α,β-unsaturated/α-hetero) is 1. The maximum absolute atomic E-state index is 13.1. The van der Waals surface area contributed by atoms with E-state index in [1.165, 1.54) is 37.8 Å². The van der Waals surface area contributed by atoms with Crippen LogP contribution in [0.3, 0.4) is 0 Å². The largest absolute Gasteiger partial charge is 0.381 e. The first-order valence-electron chi connectivity index (χ1n) is 13.8. The number of benzene rings is 1. The number of carbonyl (C=O) groups excluding carboxylic acids is 2. The monoisotopic (exact) mass is 486 g/mol. The molecule has 1 amide bonds. The van der Waals surface area contributed by atoms with Gasteiger partial charge in [0.1, 0.15) is 5.82 Å². The topological polar surface area (TPSA) is 58.6 Å². The van der Waals surface area contributed by atoms with Gasteiger partial charge in [-0.2, -0.15) is 0 Å². The van der Waals surface area contributed by atoms with Gasteiger partial charge in [0.15, 0.2) is 5.78 Å². The number of rotatable bonds is 9. The average molecular weight is 487 g/mol. The van der Waals surface area contributed by atoms with Gasteiger partial charge in [-0.1, -0.05) is 6.42 Å². The van der Waals surface area contributed by atoms with Crippen LogP contribution in [0.4, 0.5) is 4.39 Å². The van der Waals surface area contributed by atoms with E-state index >= 15 is 0 Å². The standard InChI is InChI=1S/C29H43FN2O3/c1-35-27-4-2-3-22(19-27)20-28(33)31-26-11-5-21(6-12-26)13-16-32-17-14-24(15-18-32)29(34)23-7-9-25(30)10-8-23/h7-10,21-22,24,26-27H,2-6,11-20H2,1H3,(H,31,33)/t21-,22-,26+,27-/m1/s1. The third-order valence-electron chi connectivity index (χ3n) is 8.69. The first-order valence-corrected chi connectivity index (χ1v) is 13.8. The summed E-state index contributed by atoms with van der Waals surface area (Å²) >= 11 is 0. The van der Waals surface area contributed by atoms with Crippen molar-refractivity contribution in [3.05, 3.63) is 35.6 Å². The van der Waals surface area contributed by atoms with Crippen molar-refractivity contribution >= 4 is 11.7 Å². The molecule has 35 heavy (non-hydrogen) atoms. The normalized spacial score (nSPS) is 28.5. The summed E-state index contributed by atoms with van der Waals surface area (Å²) in [7, 11) is 1.78. The van der Waals surface area contributed by atoms with Crippen LogP contribution in [0.25, 0.3) is 0 Å². The fraction of sp³-hybridized carbons (Fsp3) is 0.724. The quantitative estimate of drug-likeness (QED) is 0.476. The van der Waals surface area contributed by atoms with Gasteiger partial charge in [-0.15, -0.1) is 0 Å². The van der Waals surface area contributed by atoms with E-state index in [-0.39, 0.29) is 23.4 Å². The number of nitrogens with one attached hydrogen (secondary N) is 1. The van der Waals surface area contributed by atoms with Crippen molar-refractivity contribution < 1.29 is 18.7 Å². The molecule has 1 aromatic carbocycles. The highest BCUT2D eigenvalue weighted by Gasteiger charge is 2.28. The fourth-order valence-electron chi connectivity index (χ4n) is 6.42. The van der Waals surface area contributed by atoms with Gasteiger partial charge in [0.05, 0.1) is 6.10 Å². The lowest BCUT2D eigenvalue weighted by Crippen LogP contribution is -2.40. The van der Waals surface area contributed by atoms with E-state index in [2.05, 4.69) is 10.2 Å². The molecule has 1 N–H and O–H groups in total. The van der Waals surface area contributed by atoms with Gasteiger partial charge in [0.25, 0.3) is 0 Å². The van der Waals surface area contributed by atoms with Gasteiger partial charge in [0.2, 0.25) is 5.91 Å². The molecular formula is C29H43FN2O3. The van der Waals surface area contributed by atoms with Crippen molar-refractivity contribution in [2.45, 2.75) is 89.2 Å². The van der Waals surface area contributed by atoms with E-state index in [0.717, 1.165) is 70.5 Å². The zero-order chi connectivity index (χ0) is 24.6. The minimum absolute atomic E-state index is 0.0600. The minimum Gasteiger partial charge on any atom is -0.381 e. The third-order valence-corrected chi connectivity index (χ3v) is 8.69. The molecule has 0 aromatic heterocycles.